The molecule has 730 valence electrons. The molecule has 20 N–H and O–H groups in total. The maximum atomic E-state index is 14.0. The molecule has 4 aliphatic heterocycles. The number of nitrogens with zero attached hydrogens (tertiary/aromatic N) is 1. The van der Waals surface area contributed by atoms with Crippen molar-refractivity contribution in [2.24, 2.45) is 0 Å². The van der Waals surface area contributed by atoms with Crippen LogP contribution >= 0.6 is 7.60 Å². The molecule has 44 nitrogen and oxygen atoms in total. The van der Waals surface area contributed by atoms with Gasteiger partial charge in [0.05, 0.1) is 65.6 Å². The summed E-state index contributed by atoms with van der Waals surface area (Å²) in [5.41, 5.74) is -1.42. The van der Waals surface area contributed by atoms with E-state index in [9.17, 15) is 108 Å². The van der Waals surface area contributed by atoms with Gasteiger partial charge in [0.2, 0.25) is 65.0 Å². The Balaban J connectivity index is 0.00000559. The Morgan fingerprint density at radius 2 is 0.667 bits per heavy atom. The minimum absolute atomic E-state index is 0.0269. The van der Waals surface area contributed by atoms with E-state index in [0.29, 0.717) is 83.6 Å². The molecular formula is C81H147N11O33P-. The third-order valence-corrected chi connectivity index (χ3v) is 22.0. The van der Waals surface area contributed by atoms with Gasteiger partial charge in [0, 0.05) is 158 Å². The molecule has 4 fully saturated rings. The Morgan fingerprint density at radius 1 is 0.389 bits per heavy atom. The van der Waals surface area contributed by atoms with E-state index in [2.05, 4.69) is 68.9 Å². The van der Waals surface area contributed by atoms with Gasteiger partial charge < -0.3 is 161 Å². The van der Waals surface area contributed by atoms with Gasteiger partial charge in [-0.25, -0.2) is 6.66 Å². The highest BCUT2D eigenvalue weighted by Crippen LogP contribution is 2.43. The number of rotatable bonds is 65. The molecule has 0 aromatic carbocycles. The lowest BCUT2D eigenvalue weighted by Crippen LogP contribution is -2.64. The zero-order valence-corrected chi connectivity index (χ0v) is 75.0. The Morgan fingerprint density at radius 3 is 0.937 bits per heavy atom. The first-order valence-electron chi connectivity index (χ1n) is 43.9. The quantitative estimate of drug-likeness (QED) is 0.0159. The van der Waals surface area contributed by atoms with E-state index < -0.39 is 149 Å². The van der Waals surface area contributed by atoms with Crippen LogP contribution < -0.4 is 53.2 Å². The number of unbranched alkanes of at least 4 members (excludes halogenated alkanes) is 10. The predicted octanol–water partition coefficient (Wildman–Crippen LogP) is -3.53. The maximum absolute atomic E-state index is 14.0. The van der Waals surface area contributed by atoms with Crippen LogP contribution in [0.5, 0.6) is 0 Å². The largest absolute Gasteiger partial charge is 0.394 e. The van der Waals surface area contributed by atoms with Crippen molar-refractivity contribution >= 4 is 72.6 Å². The molecule has 4 rings (SSSR count). The van der Waals surface area contributed by atoms with Crippen molar-refractivity contribution in [1.82, 2.24) is 58.1 Å². The second kappa shape index (κ2) is 65.2. The van der Waals surface area contributed by atoms with Crippen LogP contribution in [-0.2, 0) is 109 Å². The molecule has 45 heteroatoms. The summed E-state index contributed by atoms with van der Waals surface area (Å²) in [6, 6.07) is -3.26. The van der Waals surface area contributed by atoms with Crippen LogP contribution in [0.3, 0.4) is 0 Å². The molecule has 17 atom stereocenters. The number of aliphatic hydroxyl groups is 10. The van der Waals surface area contributed by atoms with Crippen LogP contribution in [0.25, 0.3) is 0 Å². The number of ether oxygens (including phenoxy) is 9. The zero-order chi connectivity index (χ0) is 93.4. The van der Waals surface area contributed by atoms with Crippen LogP contribution in [-0.4, -0.2) is 370 Å². The highest BCUT2D eigenvalue weighted by molar-refractivity contribution is 7.55. The molecule has 0 aromatic rings. The van der Waals surface area contributed by atoms with Gasteiger partial charge in [-0.15, -0.1) is 0 Å². The molecule has 0 spiro atoms. The lowest BCUT2D eigenvalue weighted by atomic mass is 9.97. The van der Waals surface area contributed by atoms with E-state index >= 15 is 0 Å². The fourth-order valence-electron chi connectivity index (χ4n) is 13.8. The summed E-state index contributed by atoms with van der Waals surface area (Å²) in [6.07, 6.45) is -4.77. The van der Waals surface area contributed by atoms with Crippen LogP contribution in [0.15, 0.2) is 0 Å². The number of nitrogens with one attached hydrogen (secondary N) is 10. The van der Waals surface area contributed by atoms with Crippen molar-refractivity contribution in [3.05, 3.63) is 6.66 Å². The van der Waals surface area contributed by atoms with Crippen LogP contribution in [0.2, 0.25) is 0 Å². The van der Waals surface area contributed by atoms with Crippen LogP contribution in [0.4, 0.5) is 0 Å². The van der Waals surface area contributed by atoms with Crippen molar-refractivity contribution in [1.29, 1.82) is 0 Å². The molecule has 4 aliphatic rings. The molecule has 0 aromatic heterocycles. The number of carbonyl (C=O) groups excluding carboxylic acids is 11. The van der Waals surface area contributed by atoms with Crippen molar-refractivity contribution in [3.8, 4) is 0 Å². The molecule has 4 heterocycles. The second-order valence-corrected chi connectivity index (χ2v) is 33.7. The molecule has 4 saturated heterocycles. The standard InChI is InChI=1S/C78H139N11O30.C3H8O3P/c1-50-42-54(96)43-89(50)65(104)26-12-10-8-6-5-7-9-11-25-64(103)88-78(47-111-39-27-61(100)82-33-19-30-79-58(97)22-13-16-36-114-75-66(85-51(2)93)72(108)69(105)55(44-90)117-75,48-112-40-28-62(101)83-34-20-31-80-59(98)23-14-17-37-115-76-67(86-52(3)94)73(109)70(106)56(45-91)118-76)49-113-41-29-63(102)84-35-21-32-81-60(99)24-15-18-38-116-77-68(87-53(4)95)74(110)71(107)57(46-92)119-77;1-5-7(3,4)6-2/h50,54-57,66-77,90-92,96,105-110H,5-49H2,1-4H3,(H,79,97)(H,80,98)(H,81,99)(H,82,100)(H,83,101)(H,84,102)(H,85,93)(H,86,94)(H,87,95)(H,88,103);3H2,1-2H3/q;-1/t50-,54-,55?,56?,57?,66?,67?,68?,69?,70?,71?,72?,73?,74?,75?,76?,77?,78?;/m1./s1. The van der Waals surface area contributed by atoms with Gasteiger partial charge in [-0.3, -0.25) is 57.3 Å². The van der Waals surface area contributed by atoms with Gasteiger partial charge in [-0.1, -0.05) is 38.5 Å². The normalized spacial score (nSPS) is 24.6. The number of aliphatic hydroxyl groups excluding tert-OH is 10. The average molecular weight is 1830 g/mol. The fraction of sp³-hybridized carbons (Fsp3) is 0.852. The first-order valence-corrected chi connectivity index (χ1v) is 45.6. The Labute approximate surface area is 738 Å². The fourth-order valence-corrected chi connectivity index (χ4v) is 14.0. The zero-order valence-electron chi connectivity index (χ0n) is 74.1. The maximum Gasteiger partial charge on any atom is 0.222 e. The van der Waals surface area contributed by atoms with Gasteiger partial charge >= 0.3 is 0 Å². The Kier molecular flexibility index (Phi) is 58.8. The van der Waals surface area contributed by atoms with Crippen LogP contribution in [0.1, 0.15) is 195 Å². The number of hydrogen-bond acceptors (Lipinski definition) is 33. The van der Waals surface area contributed by atoms with Crippen LogP contribution in [0, 0.1) is 6.66 Å². The van der Waals surface area contributed by atoms with E-state index in [1.165, 1.54) is 35.0 Å². The van der Waals surface area contributed by atoms with E-state index in [4.69, 9.17) is 42.6 Å². The third kappa shape index (κ3) is 47.4. The predicted molar refractivity (Wildman–Crippen MR) is 450 cm³/mol. The summed E-state index contributed by atoms with van der Waals surface area (Å²) in [6.45, 7) is 7.79. The van der Waals surface area contributed by atoms with Gasteiger partial charge in [-0.05, 0) is 84.0 Å². The summed E-state index contributed by atoms with van der Waals surface area (Å²) in [5, 5.41) is 128. The monoisotopic (exact) mass is 1830 g/mol. The molecule has 0 saturated carbocycles. The summed E-state index contributed by atoms with van der Waals surface area (Å²) >= 11 is 0. The third-order valence-electron chi connectivity index (χ3n) is 20.9. The molecule has 0 bridgehead atoms. The van der Waals surface area contributed by atoms with E-state index in [1.807, 2.05) is 6.92 Å². The molecule has 126 heavy (non-hydrogen) atoms. The second-order valence-electron chi connectivity index (χ2n) is 31.8. The summed E-state index contributed by atoms with van der Waals surface area (Å²) in [7, 11) is -0.326. The molecule has 0 aliphatic carbocycles. The van der Waals surface area contributed by atoms with E-state index in [1.54, 1.807) is 4.90 Å². The molecular weight excluding hydrogens is 1690 g/mol. The molecule has 11 amide bonds. The highest BCUT2D eigenvalue weighted by atomic mass is 31.2. The molecule has 0 radical (unpaired) electrons. The van der Waals surface area contributed by atoms with Crippen molar-refractivity contribution in [2.75, 3.05) is 139 Å². The minimum atomic E-state index is -2.90. The topological polar surface area (TPSA) is 632 Å². The van der Waals surface area contributed by atoms with Gasteiger partial charge in [0.15, 0.2) is 26.5 Å². The molecule has 15 unspecified atom stereocenters. The summed E-state index contributed by atoms with van der Waals surface area (Å²) in [5.74, 6) is -3.66. The summed E-state index contributed by atoms with van der Waals surface area (Å²) < 4.78 is 71.2. The number of hydrogen-bond donors (Lipinski definition) is 20. The Hall–Kier alpha value is -6.44. The highest BCUT2D eigenvalue weighted by Gasteiger charge is 2.48. The van der Waals surface area contributed by atoms with Gasteiger partial charge in [-0.2, -0.15) is 0 Å². The van der Waals surface area contributed by atoms with Crippen molar-refractivity contribution < 1.29 is 160 Å². The first kappa shape index (κ1) is 114. The van der Waals surface area contributed by atoms with Gasteiger partial charge in [0.25, 0.3) is 0 Å². The van der Waals surface area contributed by atoms with E-state index in [0.717, 1.165) is 44.9 Å². The summed E-state index contributed by atoms with van der Waals surface area (Å²) in [4.78, 5) is 141. The number of carbonyl (C=O) groups is 11. The van der Waals surface area contributed by atoms with Crippen molar-refractivity contribution in [2.45, 2.75) is 304 Å². The van der Waals surface area contributed by atoms with Gasteiger partial charge in [0.1, 0.15) is 78.6 Å². The number of likely N-dealkylation sites (tertiary alicyclic amines) is 1. The smallest absolute Gasteiger partial charge is 0.222 e. The number of β-amino-alcohol motifs (C(OH)–C–C–N with tert-alkyl or cyclic N) is 1. The average Bonchev–Trinajstić information content (AvgIpc) is 1.77. The first-order chi connectivity index (χ1) is 60.1. The lowest BCUT2D eigenvalue weighted by Gasteiger charge is -2.42. The number of amides is 11. The Bertz CT molecular complexity index is 2950. The SMILES string of the molecule is CC(=O)NC1C(OCCCCC(=O)NCCCNC(=O)CCOCC(COCCC(=O)NCCCNC(=O)CCCCOC2OC(CO)C(O)C(O)C2NC(C)=O)(COCCC(=O)NCCCNC(=O)CCCCOC2OC(CO)C(O)C(O)C2NC(C)=O)NC(=O)CCCCCCCCCCC(=O)N2C[C@H](O)C[C@H]2C)OC(CO)C(O)C1O.[CH2-]P(=O)(OC)OC. The van der Waals surface area contributed by atoms with Crippen molar-refractivity contribution in [3.63, 3.8) is 0 Å². The minimum Gasteiger partial charge on any atom is -0.394 e. The lowest BCUT2D eigenvalue weighted by molar-refractivity contribution is -0.270. The van der Waals surface area contributed by atoms with E-state index in [-0.39, 0.29) is 197 Å².